The second-order valence-electron chi connectivity index (χ2n) is 4.30. The first-order valence-corrected chi connectivity index (χ1v) is 6.39. The van der Waals surface area contributed by atoms with Crippen LogP contribution in [0.3, 0.4) is 0 Å². The van der Waals surface area contributed by atoms with Gasteiger partial charge in [0.25, 0.3) is 0 Å². The predicted molar refractivity (Wildman–Crippen MR) is 72.9 cm³/mol. The van der Waals surface area contributed by atoms with Gasteiger partial charge in [0.15, 0.2) is 0 Å². The summed E-state index contributed by atoms with van der Waals surface area (Å²) in [5.74, 6) is 0. The Kier molecular flexibility index (Phi) is 3.64. The topological polar surface area (TPSA) is 43.8 Å². The fourth-order valence-corrected chi connectivity index (χ4v) is 2.35. The summed E-state index contributed by atoms with van der Waals surface area (Å²) >= 11 is 3.42. The summed E-state index contributed by atoms with van der Waals surface area (Å²) in [5.41, 5.74) is 8.56. The van der Waals surface area contributed by atoms with Gasteiger partial charge >= 0.3 is 0 Å². The Bertz CT molecular complexity index is 505. The van der Waals surface area contributed by atoms with E-state index in [-0.39, 0.29) is 12.1 Å². The minimum Gasteiger partial charge on any atom is -0.326 e. The van der Waals surface area contributed by atoms with E-state index in [1.54, 1.807) is 6.20 Å². The Morgan fingerprint density at radius 3 is 2.59 bits per heavy atom. The van der Waals surface area contributed by atoms with E-state index < -0.39 is 0 Å². The van der Waals surface area contributed by atoms with Crippen LogP contribution in [-0.2, 0) is 0 Å². The first kappa shape index (κ1) is 12.3. The molecule has 0 bridgehead atoms. The van der Waals surface area contributed by atoms with Crippen LogP contribution in [0.5, 0.6) is 0 Å². The average Bonchev–Trinajstić information content (AvgIpc) is 2.68. The molecule has 0 amide bonds. The zero-order valence-electron chi connectivity index (χ0n) is 9.97. The van der Waals surface area contributed by atoms with Crippen LogP contribution in [0.1, 0.15) is 24.1 Å². The van der Waals surface area contributed by atoms with Crippen LogP contribution in [0.15, 0.2) is 41.1 Å². The van der Waals surface area contributed by atoms with Crippen LogP contribution in [-0.4, -0.2) is 15.8 Å². The highest BCUT2D eigenvalue weighted by molar-refractivity contribution is 9.10. The van der Waals surface area contributed by atoms with Crippen molar-refractivity contribution in [2.75, 3.05) is 0 Å². The largest absolute Gasteiger partial charge is 0.326 e. The lowest BCUT2D eigenvalue weighted by molar-refractivity contribution is 0.452. The molecule has 0 aliphatic carbocycles. The van der Waals surface area contributed by atoms with E-state index >= 15 is 0 Å². The monoisotopic (exact) mass is 293 g/mol. The maximum Gasteiger partial charge on any atom is 0.0919 e. The van der Waals surface area contributed by atoms with E-state index in [1.807, 2.05) is 29.9 Å². The van der Waals surface area contributed by atoms with Crippen molar-refractivity contribution in [3.63, 3.8) is 0 Å². The Hall–Kier alpha value is -1.13. The number of aryl methyl sites for hydroxylation is 1. The van der Waals surface area contributed by atoms with Gasteiger partial charge in [-0.15, -0.1) is 0 Å². The summed E-state index contributed by atoms with van der Waals surface area (Å²) in [6, 6.07) is 8.36. The molecule has 2 N–H and O–H groups in total. The number of hydrogen-bond acceptors (Lipinski definition) is 2. The zero-order valence-corrected chi connectivity index (χ0v) is 11.6. The van der Waals surface area contributed by atoms with E-state index in [0.717, 1.165) is 4.47 Å². The third-order valence-corrected chi connectivity index (χ3v) is 3.27. The minimum atomic E-state index is 0.00269. The van der Waals surface area contributed by atoms with E-state index in [2.05, 4.69) is 40.1 Å². The molecule has 2 atom stereocenters. The molecule has 0 saturated heterocycles. The molecule has 17 heavy (non-hydrogen) atoms. The van der Waals surface area contributed by atoms with Crippen LogP contribution in [0.4, 0.5) is 0 Å². The van der Waals surface area contributed by atoms with Crippen LogP contribution >= 0.6 is 15.9 Å². The molecule has 0 saturated carbocycles. The number of hydrogen-bond donors (Lipinski definition) is 1. The molecule has 2 rings (SSSR count). The van der Waals surface area contributed by atoms with Crippen LogP contribution in [0.25, 0.3) is 0 Å². The Balaban J connectivity index is 2.47. The van der Waals surface area contributed by atoms with Crippen molar-refractivity contribution in [3.05, 3.63) is 52.3 Å². The number of nitrogens with two attached hydrogens (primary N) is 1. The molecule has 0 spiro atoms. The molecular weight excluding hydrogens is 278 g/mol. The van der Waals surface area contributed by atoms with E-state index in [1.165, 1.54) is 11.1 Å². The fourth-order valence-electron chi connectivity index (χ4n) is 2.05. The van der Waals surface area contributed by atoms with E-state index in [9.17, 15) is 0 Å². The van der Waals surface area contributed by atoms with Crippen LogP contribution < -0.4 is 5.73 Å². The normalized spacial score (nSPS) is 14.6. The average molecular weight is 294 g/mol. The van der Waals surface area contributed by atoms with Crippen molar-refractivity contribution in [2.45, 2.75) is 25.9 Å². The zero-order chi connectivity index (χ0) is 12.4. The first-order valence-electron chi connectivity index (χ1n) is 5.60. The third kappa shape index (κ3) is 2.58. The molecule has 1 heterocycles. The smallest absolute Gasteiger partial charge is 0.0919 e. The second-order valence-corrected chi connectivity index (χ2v) is 5.21. The highest BCUT2D eigenvalue weighted by Crippen LogP contribution is 2.24. The van der Waals surface area contributed by atoms with Gasteiger partial charge in [-0.1, -0.05) is 24.3 Å². The van der Waals surface area contributed by atoms with Crippen LogP contribution in [0.2, 0.25) is 0 Å². The van der Waals surface area contributed by atoms with Gasteiger partial charge in [-0.2, -0.15) is 5.10 Å². The van der Waals surface area contributed by atoms with Gasteiger partial charge in [0.05, 0.1) is 16.7 Å². The maximum atomic E-state index is 6.10. The summed E-state index contributed by atoms with van der Waals surface area (Å²) < 4.78 is 2.88. The molecular formula is C13H16BrN3. The molecule has 0 aliphatic rings. The van der Waals surface area contributed by atoms with Crippen molar-refractivity contribution < 1.29 is 0 Å². The second kappa shape index (κ2) is 5.02. The molecule has 3 nitrogen and oxygen atoms in total. The summed E-state index contributed by atoms with van der Waals surface area (Å²) in [5, 5.41) is 4.34. The molecule has 1 aromatic carbocycles. The van der Waals surface area contributed by atoms with Gasteiger partial charge in [0.2, 0.25) is 0 Å². The van der Waals surface area contributed by atoms with Gasteiger partial charge in [0.1, 0.15) is 0 Å². The molecule has 0 fully saturated rings. The number of benzene rings is 1. The fraction of sp³-hybridized carbons (Fsp3) is 0.308. The first-order chi connectivity index (χ1) is 8.09. The highest BCUT2D eigenvalue weighted by Gasteiger charge is 2.20. The van der Waals surface area contributed by atoms with Gasteiger partial charge in [-0.25, -0.2) is 0 Å². The SMILES string of the molecule is Cc1ccccc1C(C(C)N)n1cc(Br)cn1. The molecule has 4 heteroatoms. The van der Waals surface area contributed by atoms with Crippen molar-refractivity contribution in [2.24, 2.45) is 5.73 Å². The summed E-state index contributed by atoms with van der Waals surface area (Å²) in [6.45, 7) is 4.11. The summed E-state index contributed by atoms with van der Waals surface area (Å²) in [6.07, 6.45) is 3.74. The van der Waals surface area contributed by atoms with Crippen molar-refractivity contribution in [1.29, 1.82) is 0 Å². The van der Waals surface area contributed by atoms with Crippen molar-refractivity contribution in [3.8, 4) is 0 Å². The van der Waals surface area contributed by atoms with Crippen LogP contribution in [0, 0.1) is 6.92 Å². The third-order valence-electron chi connectivity index (χ3n) is 2.86. The molecule has 1 aromatic heterocycles. The molecule has 2 aromatic rings. The Morgan fingerprint density at radius 2 is 2.06 bits per heavy atom. The van der Waals surface area contributed by atoms with Crippen molar-refractivity contribution >= 4 is 15.9 Å². The number of rotatable bonds is 3. The molecule has 0 aliphatic heterocycles. The Morgan fingerprint density at radius 1 is 1.35 bits per heavy atom. The standard InChI is InChI=1S/C13H16BrN3/c1-9-5-3-4-6-12(9)13(10(2)15)17-8-11(14)7-16-17/h3-8,10,13H,15H2,1-2H3. The van der Waals surface area contributed by atoms with E-state index in [0.29, 0.717) is 0 Å². The van der Waals surface area contributed by atoms with Gasteiger partial charge in [-0.05, 0) is 40.9 Å². The Labute approximate surface area is 110 Å². The lowest BCUT2D eigenvalue weighted by Gasteiger charge is -2.23. The number of nitrogens with zero attached hydrogens (tertiary/aromatic N) is 2. The number of halogens is 1. The predicted octanol–water partition coefficient (Wildman–Crippen LogP) is 2.89. The van der Waals surface area contributed by atoms with Gasteiger partial charge in [-0.3, -0.25) is 4.68 Å². The van der Waals surface area contributed by atoms with Gasteiger partial charge < -0.3 is 5.73 Å². The lowest BCUT2D eigenvalue weighted by Crippen LogP contribution is -2.31. The molecule has 2 unspecified atom stereocenters. The number of aromatic nitrogens is 2. The quantitative estimate of drug-likeness (QED) is 0.946. The van der Waals surface area contributed by atoms with Crippen molar-refractivity contribution in [1.82, 2.24) is 9.78 Å². The minimum absolute atomic E-state index is 0.00269. The maximum absolute atomic E-state index is 6.10. The van der Waals surface area contributed by atoms with Gasteiger partial charge in [0, 0.05) is 12.2 Å². The summed E-state index contributed by atoms with van der Waals surface area (Å²) in [7, 11) is 0. The highest BCUT2D eigenvalue weighted by atomic mass is 79.9. The molecule has 90 valence electrons. The van der Waals surface area contributed by atoms with E-state index in [4.69, 9.17) is 5.73 Å². The summed E-state index contributed by atoms with van der Waals surface area (Å²) in [4.78, 5) is 0. The molecule has 0 radical (unpaired) electrons. The lowest BCUT2D eigenvalue weighted by atomic mass is 9.97.